The molecule has 0 unspecified atom stereocenters. The summed E-state index contributed by atoms with van der Waals surface area (Å²) in [5.41, 5.74) is 9.15. The van der Waals surface area contributed by atoms with E-state index in [0.717, 1.165) is 17.7 Å². The molecule has 0 aliphatic carbocycles. The van der Waals surface area contributed by atoms with E-state index in [4.69, 9.17) is 15.2 Å². The molecule has 0 aliphatic heterocycles. The largest absolute Gasteiger partial charge is 0.505 e. The molecule has 0 aliphatic rings. The third-order valence-corrected chi connectivity index (χ3v) is 10.2. The Hall–Kier alpha value is -6.80. The number of phenols is 1. The first-order chi connectivity index (χ1) is 27.0. The number of hydrogen-bond acceptors (Lipinski definition) is 15. The van der Waals surface area contributed by atoms with E-state index in [0.29, 0.717) is 39.7 Å². The van der Waals surface area contributed by atoms with E-state index >= 15 is 0 Å². The summed E-state index contributed by atoms with van der Waals surface area (Å²) in [6, 6.07) is 25.2. The summed E-state index contributed by atoms with van der Waals surface area (Å²) in [7, 11) is -6.69. The number of ether oxygens (including phenoxy) is 2. The highest BCUT2D eigenvalue weighted by Gasteiger charge is 2.23. The molecule has 292 valence electrons. The van der Waals surface area contributed by atoms with E-state index in [2.05, 4.69) is 36.0 Å². The molecule has 17 nitrogen and oxygen atoms in total. The first-order valence-electron chi connectivity index (χ1n) is 16.6. The van der Waals surface area contributed by atoms with Gasteiger partial charge in [0.25, 0.3) is 20.2 Å². The molecule has 6 aromatic rings. The van der Waals surface area contributed by atoms with Crippen LogP contribution in [0.3, 0.4) is 0 Å². The van der Waals surface area contributed by atoms with Crippen LogP contribution in [0.5, 0.6) is 17.2 Å². The molecule has 0 saturated heterocycles. The van der Waals surface area contributed by atoms with Crippen molar-refractivity contribution in [1.29, 1.82) is 0 Å². The predicted octanol–water partition coefficient (Wildman–Crippen LogP) is 10.2. The van der Waals surface area contributed by atoms with Gasteiger partial charge in [0.1, 0.15) is 38.4 Å². The second-order valence-electron chi connectivity index (χ2n) is 12.4. The molecule has 6 N–H and O–H groups in total. The minimum Gasteiger partial charge on any atom is -0.505 e. The first kappa shape index (κ1) is 39.9. The summed E-state index contributed by atoms with van der Waals surface area (Å²) in [5.74, 6) is -0.00777. The number of aromatic hydroxyl groups is 1. The summed E-state index contributed by atoms with van der Waals surface area (Å²) < 4.78 is 79.2. The van der Waals surface area contributed by atoms with Crippen LogP contribution < -0.4 is 20.5 Å². The lowest BCUT2D eigenvalue weighted by molar-refractivity contribution is 0.415. The lowest BCUT2D eigenvalue weighted by Crippen LogP contribution is -2.04. The van der Waals surface area contributed by atoms with Gasteiger partial charge in [0.05, 0.1) is 37.0 Å². The van der Waals surface area contributed by atoms with Crippen LogP contribution in [-0.2, 0) is 20.2 Å². The zero-order chi connectivity index (χ0) is 41.1. The standard InChI is InChI=1S/C38H34N8O9S2/c1-21-14-31(33(54-3)19-29(21)42-41-24-8-6-5-7-9-24)44-43-30-20-34(55-4)32(15-22(30)2)45-46-37-36(57(51,52)53)17-23-16-25(10-12-27(23)38(37)47)40-26-11-13-28(39)35(18-26)56(48,49)50/h5-20,40,47H,39H2,1-4H3,(H,48,49,50)(H,51,52,53). The Kier molecular flexibility index (Phi) is 11.3. The number of rotatable bonds is 12. The zero-order valence-corrected chi connectivity index (χ0v) is 32.2. The van der Waals surface area contributed by atoms with Crippen LogP contribution >= 0.6 is 0 Å². The number of methoxy groups -OCH3 is 2. The van der Waals surface area contributed by atoms with E-state index in [9.17, 15) is 31.0 Å². The Morgan fingerprint density at radius 2 is 1.12 bits per heavy atom. The molecule has 6 aromatic carbocycles. The molecular weight excluding hydrogens is 777 g/mol. The van der Waals surface area contributed by atoms with Crippen molar-refractivity contribution >= 4 is 82.2 Å². The lowest BCUT2D eigenvalue weighted by Gasteiger charge is -2.13. The van der Waals surface area contributed by atoms with E-state index in [1.165, 1.54) is 44.6 Å². The van der Waals surface area contributed by atoms with Crippen molar-refractivity contribution < 1.29 is 40.5 Å². The van der Waals surface area contributed by atoms with Crippen molar-refractivity contribution in [3.63, 3.8) is 0 Å². The number of nitrogens with one attached hydrogen (secondary N) is 1. The highest BCUT2D eigenvalue weighted by molar-refractivity contribution is 7.86. The topological polar surface area (TPSA) is 260 Å². The maximum atomic E-state index is 12.6. The van der Waals surface area contributed by atoms with Crippen molar-refractivity contribution in [1.82, 2.24) is 0 Å². The van der Waals surface area contributed by atoms with Gasteiger partial charge >= 0.3 is 0 Å². The number of nitrogens with two attached hydrogens (primary N) is 1. The number of hydrogen-bond donors (Lipinski definition) is 5. The normalized spacial score (nSPS) is 12.2. The monoisotopic (exact) mass is 810 g/mol. The number of phenolic OH excluding ortho intramolecular Hbond substituents is 1. The molecule has 19 heteroatoms. The zero-order valence-electron chi connectivity index (χ0n) is 30.6. The predicted molar refractivity (Wildman–Crippen MR) is 214 cm³/mol. The van der Waals surface area contributed by atoms with Crippen LogP contribution in [0, 0.1) is 13.8 Å². The van der Waals surface area contributed by atoms with Crippen LogP contribution in [0.25, 0.3) is 10.8 Å². The number of nitrogen functional groups attached to an aromatic ring is 1. The minimum absolute atomic E-state index is 0.142. The summed E-state index contributed by atoms with van der Waals surface area (Å²) in [4.78, 5) is -1.26. The Labute approximate surface area is 326 Å². The fourth-order valence-electron chi connectivity index (χ4n) is 5.57. The molecule has 0 aromatic heterocycles. The van der Waals surface area contributed by atoms with Gasteiger partial charge in [-0.15, -0.1) is 15.3 Å². The van der Waals surface area contributed by atoms with Crippen LogP contribution in [-0.4, -0.2) is 45.3 Å². The molecule has 0 radical (unpaired) electrons. The Balaban J connectivity index is 1.30. The minimum atomic E-state index is -4.96. The van der Waals surface area contributed by atoms with Crippen LogP contribution in [0.2, 0.25) is 0 Å². The number of anilines is 3. The highest BCUT2D eigenvalue weighted by Crippen LogP contribution is 2.44. The molecule has 57 heavy (non-hydrogen) atoms. The Bertz CT molecular complexity index is 2850. The second-order valence-corrected chi connectivity index (χ2v) is 15.2. The van der Waals surface area contributed by atoms with Crippen LogP contribution in [0.15, 0.2) is 138 Å². The van der Waals surface area contributed by atoms with Crippen molar-refractivity contribution in [3.8, 4) is 17.2 Å². The van der Waals surface area contributed by atoms with Gasteiger partial charge in [-0.3, -0.25) is 9.11 Å². The Morgan fingerprint density at radius 1 is 0.596 bits per heavy atom. The molecule has 6 rings (SSSR count). The molecule has 0 bridgehead atoms. The number of fused-ring (bicyclic) bond motifs is 1. The lowest BCUT2D eigenvalue weighted by atomic mass is 10.1. The number of nitrogens with zero attached hydrogens (tertiary/aromatic N) is 6. The average Bonchev–Trinajstić information content (AvgIpc) is 3.17. The molecule has 0 saturated carbocycles. The molecule has 0 heterocycles. The summed E-state index contributed by atoms with van der Waals surface area (Å²) in [6.45, 7) is 3.59. The number of azo groups is 3. The third-order valence-electron chi connectivity index (χ3n) is 8.46. The van der Waals surface area contributed by atoms with Gasteiger partial charge in [0.15, 0.2) is 5.75 Å². The fraction of sp³-hybridized carbons (Fsp3) is 0.105. The fourth-order valence-corrected chi connectivity index (χ4v) is 6.87. The maximum Gasteiger partial charge on any atom is 0.296 e. The van der Waals surface area contributed by atoms with Crippen LogP contribution in [0.1, 0.15) is 11.1 Å². The molecule has 0 amide bonds. The van der Waals surface area contributed by atoms with Crippen molar-refractivity contribution in [3.05, 3.63) is 108 Å². The van der Waals surface area contributed by atoms with Gasteiger partial charge in [-0.25, -0.2) is 0 Å². The summed E-state index contributed by atoms with van der Waals surface area (Å²) in [5, 5.41) is 40.1. The number of benzene rings is 6. The summed E-state index contributed by atoms with van der Waals surface area (Å²) >= 11 is 0. The molecule has 0 fully saturated rings. The van der Waals surface area contributed by atoms with Crippen LogP contribution in [0.4, 0.5) is 51.2 Å². The van der Waals surface area contributed by atoms with Gasteiger partial charge in [0, 0.05) is 28.9 Å². The first-order valence-corrected chi connectivity index (χ1v) is 19.5. The maximum absolute atomic E-state index is 12.6. The van der Waals surface area contributed by atoms with Gasteiger partial charge in [-0.1, -0.05) is 18.2 Å². The highest BCUT2D eigenvalue weighted by atomic mass is 32.2. The van der Waals surface area contributed by atoms with E-state index in [1.807, 2.05) is 37.3 Å². The smallest absolute Gasteiger partial charge is 0.296 e. The summed E-state index contributed by atoms with van der Waals surface area (Å²) in [6.07, 6.45) is 0. The van der Waals surface area contributed by atoms with E-state index in [1.54, 1.807) is 31.2 Å². The quantitative estimate of drug-likeness (QED) is 0.0441. The van der Waals surface area contributed by atoms with Gasteiger partial charge in [-0.2, -0.15) is 32.2 Å². The van der Waals surface area contributed by atoms with E-state index in [-0.39, 0.29) is 33.6 Å². The average molecular weight is 811 g/mol. The second kappa shape index (κ2) is 16.1. The molecular formula is C38H34N8O9S2. The van der Waals surface area contributed by atoms with Crippen molar-refractivity contribution in [2.24, 2.45) is 30.7 Å². The van der Waals surface area contributed by atoms with Crippen molar-refractivity contribution in [2.45, 2.75) is 23.6 Å². The van der Waals surface area contributed by atoms with E-state index < -0.39 is 41.5 Å². The number of aryl methyl sites for hydroxylation is 2. The Morgan fingerprint density at radius 3 is 1.70 bits per heavy atom. The molecule has 0 atom stereocenters. The van der Waals surface area contributed by atoms with Gasteiger partial charge < -0.3 is 25.6 Å². The van der Waals surface area contributed by atoms with Crippen molar-refractivity contribution in [2.75, 3.05) is 25.3 Å². The van der Waals surface area contributed by atoms with Gasteiger partial charge in [-0.05, 0) is 97.1 Å². The van der Waals surface area contributed by atoms with Gasteiger partial charge in [0.2, 0.25) is 0 Å². The molecule has 0 spiro atoms. The SMILES string of the molecule is COc1cc(N=Nc2ccccc2)c(C)cc1N=Nc1cc(OC)c(N=Nc2c(S(=O)(=O)O)cc3cc(Nc4ccc(N)c(S(=O)(=O)O)c4)ccc3c2O)cc1C. The third kappa shape index (κ3) is 9.03.